The Morgan fingerprint density at radius 2 is 1.83 bits per heavy atom. The number of piperidine rings is 1. The fraction of sp³-hybridized carbons (Fsp3) is 0.588. The second kappa shape index (κ2) is 6.13. The lowest BCUT2D eigenvalue weighted by Gasteiger charge is -2.32. The van der Waals surface area contributed by atoms with Gasteiger partial charge in [-0.05, 0) is 69.0 Å². The van der Waals surface area contributed by atoms with Gasteiger partial charge in [0.25, 0.3) is 0 Å². The Labute approximate surface area is 142 Å². The molecular weight excluding hydrogens is 326 g/mol. The maximum atomic E-state index is 12.7. The van der Waals surface area contributed by atoms with E-state index in [0.29, 0.717) is 17.7 Å². The molecule has 0 spiro atoms. The molecular formula is C17H23N3O3S. The molecule has 1 saturated heterocycles. The van der Waals surface area contributed by atoms with Crippen LogP contribution < -0.4 is 10.0 Å². The Hall–Kier alpha value is -1.44. The van der Waals surface area contributed by atoms with Gasteiger partial charge in [-0.2, -0.15) is 0 Å². The van der Waals surface area contributed by atoms with Gasteiger partial charge in [-0.15, -0.1) is 0 Å². The minimum atomic E-state index is -3.51. The normalized spacial score (nSPS) is 22.9. The van der Waals surface area contributed by atoms with Crippen molar-refractivity contribution in [1.82, 2.24) is 9.62 Å². The predicted molar refractivity (Wildman–Crippen MR) is 91.3 cm³/mol. The standard InChI is InChI=1S/C17H23N3O3S/c21-17-6-1-12-11-15(4-5-16(12)18-17)24(22,23)19-13-7-9-20(10-8-13)14-2-3-14/h4-5,11,13-14,19H,1-3,6-10H2,(H,18,21). The monoisotopic (exact) mass is 349 g/mol. The zero-order valence-corrected chi connectivity index (χ0v) is 14.4. The number of nitrogens with zero attached hydrogens (tertiary/aromatic N) is 1. The van der Waals surface area contributed by atoms with E-state index in [2.05, 4.69) is 14.9 Å². The molecule has 7 heteroatoms. The van der Waals surface area contributed by atoms with E-state index in [9.17, 15) is 13.2 Å². The molecule has 1 amide bonds. The Morgan fingerprint density at radius 3 is 2.54 bits per heavy atom. The Morgan fingerprint density at radius 1 is 1.08 bits per heavy atom. The molecule has 24 heavy (non-hydrogen) atoms. The van der Waals surface area contributed by atoms with Crippen LogP contribution in [0.5, 0.6) is 0 Å². The molecule has 0 radical (unpaired) electrons. The van der Waals surface area contributed by atoms with Crippen LogP contribution in [-0.4, -0.2) is 44.4 Å². The Balaban J connectivity index is 1.44. The minimum absolute atomic E-state index is 0.0146. The molecule has 6 nitrogen and oxygen atoms in total. The quantitative estimate of drug-likeness (QED) is 0.863. The van der Waals surface area contributed by atoms with Crippen LogP contribution in [0, 0.1) is 0 Å². The average molecular weight is 349 g/mol. The number of hydrogen-bond donors (Lipinski definition) is 2. The topological polar surface area (TPSA) is 78.5 Å². The van der Waals surface area contributed by atoms with Crippen molar-refractivity contribution < 1.29 is 13.2 Å². The molecule has 1 saturated carbocycles. The van der Waals surface area contributed by atoms with Gasteiger partial charge in [-0.1, -0.05) is 0 Å². The zero-order valence-electron chi connectivity index (χ0n) is 13.6. The lowest BCUT2D eigenvalue weighted by Crippen LogP contribution is -2.45. The highest BCUT2D eigenvalue weighted by atomic mass is 32.2. The molecule has 1 aliphatic carbocycles. The van der Waals surface area contributed by atoms with Crippen molar-refractivity contribution in [2.24, 2.45) is 0 Å². The number of hydrogen-bond acceptors (Lipinski definition) is 4. The highest BCUT2D eigenvalue weighted by molar-refractivity contribution is 7.89. The molecule has 4 rings (SSSR count). The van der Waals surface area contributed by atoms with Gasteiger partial charge in [0, 0.05) is 24.2 Å². The van der Waals surface area contributed by atoms with Gasteiger partial charge < -0.3 is 10.2 Å². The number of carbonyl (C=O) groups is 1. The third-order valence-electron chi connectivity index (χ3n) is 5.20. The predicted octanol–water partition coefficient (Wildman–Crippen LogP) is 1.48. The summed E-state index contributed by atoms with van der Waals surface area (Å²) >= 11 is 0. The molecule has 2 N–H and O–H groups in total. The van der Waals surface area contributed by atoms with E-state index in [-0.39, 0.29) is 11.9 Å². The number of likely N-dealkylation sites (tertiary alicyclic amines) is 1. The summed E-state index contributed by atoms with van der Waals surface area (Å²) in [5.74, 6) is -0.0151. The van der Waals surface area contributed by atoms with E-state index in [4.69, 9.17) is 0 Å². The molecule has 2 aliphatic heterocycles. The fourth-order valence-corrected chi connectivity index (χ4v) is 4.99. The highest BCUT2D eigenvalue weighted by Crippen LogP contribution is 2.30. The first-order valence-electron chi connectivity index (χ1n) is 8.70. The maximum Gasteiger partial charge on any atom is 0.240 e. The van der Waals surface area contributed by atoms with Crippen LogP contribution in [0.1, 0.15) is 37.7 Å². The molecule has 0 bridgehead atoms. The first-order valence-corrected chi connectivity index (χ1v) is 10.2. The summed E-state index contributed by atoms with van der Waals surface area (Å²) in [6.45, 7) is 1.96. The van der Waals surface area contributed by atoms with Gasteiger partial charge in [-0.3, -0.25) is 4.79 Å². The first kappa shape index (κ1) is 16.1. The van der Waals surface area contributed by atoms with E-state index < -0.39 is 10.0 Å². The van der Waals surface area contributed by atoms with Crippen molar-refractivity contribution >= 4 is 21.6 Å². The average Bonchev–Trinajstić information content (AvgIpc) is 3.39. The van der Waals surface area contributed by atoms with Gasteiger partial charge in [-0.25, -0.2) is 13.1 Å². The number of anilines is 1. The largest absolute Gasteiger partial charge is 0.326 e. The third kappa shape index (κ3) is 3.34. The van der Waals surface area contributed by atoms with Crippen LogP contribution in [0.15, 0.2) is 23.1 Å². The zero-order chi connectivity index (χ0) is 16.7. The molecule has 1 aromatic rings. The SMILES string of the molecule is O=C1CCc2cc(S(=O)(=O)NC3CCN(C4CC4)CC3)ccc2N1. The van der Waals surface area contributed by atoms with Crippen molar-refractivity contribution in [2.75, 3.05) is 18.4 Å². The van der Waals surface area contributed by atoms with Gasteiger partial charge >= 0.3 is 0 Å². The molecule has 0 aromatic heterocycles. The lowest BCUT2D eigenvalue weighted by molar-refractivity contribution is -0.116. The summed E-state index contributed by atoms with van der Waals surface area (Å²) in [4.78, 5) is 14.2. The number of carbonyl (C=O) groups excluding carboxylic acids is 1. The summed E-state index contributed by atoms with van der Waals surface area (Å²) in [5, 5.41) is 2.78. The number of fused-ring (bicyclic) bond motifs is 1. The van der Waals surface area contributed by atoms with Crippen LogP contribution in [0.25, 0.3) is 0 Å². The summed E-state index contributed by atoms with van der Waals surface area (Å²) in [5.41, 5.74) is 1.61. The Kier molecular flexibility index (Phi) is 4.10. The van der Waals surface area contributed by atoms with Crippen molar-refractivity contribution in [3.8, 4) is 0 Å². The highest BCUT2D eigenvalue weighted by Gasteiger charge is 2.33. The van der Waals surface area contributed by atoms with E-state index in [0.717, 1.165) is 43.2 Å². The van der Waals surface area contributed by atoms with Crippen LogP contribution in [-0.2, 0) is 21.2 Å². The van der Waals surface area contributed by atoms with E-state index in [1.165, 1.54) is 12.8 Å². The second-order valence-corrected chi connectivity index (χ2v) is 8.74. The molecule has 2 heterocycles. The number of benzene rings is 1. The van der Waals surface area contributed by atoms with Gasteiger partial charge in [0.1, 0.15) is 0 Å². The maximum absolute atomic E-state index is 12.7. The molecule has 2 fully saturated rings. The fourth-order valence-electron chi connectivity index (χ4n) is 3.64. The summed E-state index contributed by atoms with van der Waals surface area (Å²) in [7, 11) is -3.51. The smallest absolute Gasteiger partial charge is 0.240 e. The van der Waals surface area contributed by atoms with E-state index in [1.807, 2.05) is 0 Å². The number of sulfonamides is 1. The number of rotatable bonds is 4. The van der Waals surface area contributed by atoms with Gasteiger partial charge in [0.05, 0.1) is 4.90 Å². The number of aryl methyl sites for hydroxylation is 1. The second-order valence-electron chi connectivity index (χ2n) is 7.03. The summed E-state index contributed by atoms with van der Waals surface area (Å²) in [6.07, 6.45) is 5.32. The Bertz CT molecular complexity index is 750. The molecule has 0 unspecified atom stereocenters. The number of amides is 1. The van der Waals surface area contributed by atoms with Crippen LogP contribution in [0.2, 0.25) is 0 Å². The first-order chi connectivity index (χ1) is 11.5. The van der Waals surface area contributed by atoms with Crippen molar-refractivity contribution in [2.45, 2.75) is 55.5 Å². The molecule has 0 atom stereocenters. The van der Waals surface area contributed by atoms with Gasteiger partial charge in [0.15, 0.2) is 0 Å². The van der Waals surface area contributed by atoms with E-state index >= 15 is 0 Å². The van der Waals surface area contributed by atoms with Crippen molar-refractivity contribution in [3.63, 3.8) is 0 Å². The van der Waals surface area contributed by atoms with Crippen molar-refractivity contribution in [3.05, 3.63) is 23.8 Å². The van der Waals surface area contributed by atoms with Gasteiger partial charge in [0.2, 0.25) is 15.9 Å². The lowest BCUT2D eigenvalue weighted by atomic mass is 10.0. The van der Waals surface area contributed by atoms with Crippen LogP contribution >= 0.6 is 0 Å². The molecule has 3 aliphatic rings. The third-order valence-corrected chi connectivity index (χ3v) is 6.72. The molecule has 130 valence electrons. The summed E-state index contributed by atoms with van der Waals surface area (Å²) < 4.78 is 28.2. The minimum Gasteiger partial charge on any atom is -0.326 e. The van der Waals surface area contributed by atoms with Crippen LogP contribution in [0.3, 0.4) is 0 Å². The molecule has 1 aromatic carbocycles. The van der Waals surface area contributed by atoms with Crippen molar-refractivity contribution in [1.29, 1.82) is 0 Å². The van der Waals surface area contributed by atoms with Crippen LogP contribution in [0.4, 0.5) is 5.69 Å². The number of nitrogens with one attached hydrogen (secondary N) is 2. The van der Waals surface area contributed by atoms with E-state index in [1.54, 1.807) is 18.2 Å². The summed E-state index contributed by atoms with van der Waals surface area (Å²) in [6, 6.07) is 5.72.